The second-order valence-corrected chi connectivity index (χ2v) is 6.58. The number of rotatable bonds is 4. The molecule has 0 spiro atoms. The van der Waals surface area contributed by atoms with E-state index in [9.17, 15) is 0 Å². The molecule has 0 N–H and O–H groups in total. The Labute approximate surface area is 147 Å². The molecule has 3 heterocycles. The lowest BCUT2D eigenvalue weighted by molar-refractivity contribution is 0.0251. The van der Waals surface area contributed by atoms with Crippen LogP contribution in [0.25, 0.3) is 11.0 Å². The van der Waals surface area contributed by atoms with Crippen molar-refractivity contribution in [3.63, 3.8) is 0 Å². The summed E-state index contributed by atoms with van der Waals surface area (Å²) in [6.45, 7) is 4.51. The predicted molar refractivity (Wildman–Crippen MR) is 97.5 cm³/mol. The Bertz CT molecular complexity index is 853. The molecular formula is C19H23N5O. The third kappa shape index (κ3) is 3.35. The van der Waals surface area contributed by atoms with Crippen LogP contribution in [-0.2, 0) is 18.4 Å². The number of hydrogen-bond donors (Lipinski definition) is 0. The van der Waals surface area contributed by atoms with Gasteiger partial charge in [-0.25, -0.2) is 9.97 Å². The molecule has 3 aromatic rings. The van der Waals surface area contributed by atoms with Gasteiger partial charge in [0, 0.05) is 20.1 Å². The van der Waals surface area contributed by atoms with Crippen LogP contribution in [0.4, 0.5) is 5.82 Å². The Morgan fingerprint density at radius 3 is 2.64 bits per heavy atom. The fourth-order valence-corrected chi connectivity index (χ4v) is 3.38. The first-order valence-electron chi connectivity index (χ1n) is 8.77. The maximum Gasteiger partial charge on any atom is 0.163 e. The molecule has 0 saturated carbocycles. The summed E-state index contributed by atoms with van der Waals surface area (Å²) >= 11 is 0. The topological polar surface area (TPSA) is 56.1 Å². The molecule has 1 fully saturated rings. The van der Waals surface area contributed by atoms with E-state index < -0.39 is 0 Å². The largest absolute Gasteiger partial charge is 0.373 e. The van der Waals surface area contributed by atoms with E-state index in [4.69, 9.17) is 4.74 Å². The van der Waals surface area contributed by atoms with Crippen LogP contribution in [0.1, 0.15) is 24.2 Å². The minimum absolute atomic E-state index is 0.309. The fraction of sp³-hybridized carbons (Fsp3) is 0.421. The molecular weight excluding hydrogens is 314 g/mol. The molecule has 1 aromatic carbocycles. The van der Waals surface area contributed by atoms with Crippen molar-refractivity contribution < 1.29 is 4.74 Å². The summed E-state index contributed by atoms with van der Waals surface area (Å²) in [6.07, 6.45) is 4.20. The number of hydrogen-bond acceptors (Lipinski definition) is 5. The first-order chi connectivity index (χ1) is 12.2. The Kier molecular flexibility index (Phi) is 4.36. The molecule has 0 atom stereocenters. The van der Waals surface area contributed by atoms with Gasteiger partial charge in [-0.1, -0.05) is 30.3 Å². The Hall–Kier alpha value is -2.47. The van der Waals surface area contributed by atoms with Crippen molar-refractivity contribution in [3.8, 4) is 0 Å². The average Bonchev–Trinajstić information content (AvgIpc) is 3.02. The van der Waals surface area contributed by atoms with E-state index in [0.29, 0.717) is 12.7 Å². The Balaban J connectivity index is 1.42. The number of anilines is 1. The van der Waals surface area contributed by atoms with Gasteiger partial charge in [-0.3, -0.25) is 4.68 Å². The molecule has 1 aliphatic rings. The van der Waals surface area contributed by atoms with Gasteiger partial charge in [0.25, 0.3) is 0 Å². The van der Waals surface area contributed by atoms with Gasteiger partial charge in [-0.2, -0.15) is 5.10 Å². The van der Waals surface area contributed by atoms with Gasteiger partial charge in [0.15, 0.2) is 5.65 Å². The van der Waals surface area contributed by atoms with Crippen LogP contribution in [0.2, 0.25) is 0 Å². The van der Waals surface area contributed by atoms with Gasteiger partial charge in [0.1, 0.15) is 11.6 Å². The molecule has 0 radical (unpaired) electrons. The normalized spacial score (nSPS) is 15.8. The smallest absolute Gasteiger partial charge is 0.163 e. The molecule has 6 nitrogen and oxygen atoms in total. The van der Waals surface area contributed by atoms with Crippen molar-refractivity contribution >= 4 is 16.9 Å². The number of nitrogens with zero attached hydrogens (tertiary/aromatic N) is 5. The Morgan fingerprint density at radius 2 is 1.88 bits per heavy atom. The van der Waals surface area contributed by atoms with Crippen molar-refractivity contribution in [2.24, 2.45) is 7.05 Å². The number of piperidine rings is 1. The molecule has 25 heavy (non-hydrogen) atoms. The second-order valence-electron chi connectivity index (χ2n) is 6.58. The van der Waals surface area contributed by atoms with Crippen LogP contribution in [0.15, 0.2) is 36.5 Å². The van der Waals surface area contributed by atoms with Crippen molar-refractivity contribution in [3.05, 3.63) is 47.9 Å². The zero-order chi connectivity index (χ0) is 17.2. The predicted octanol–water partition coefficient (Wildman–Crippen LogP) is 2.86. The summed E-state index contributed by atoms with van der Waals surface area (Å²) in [7, 11) is 1.92. The molecule has 0 unspecified atom stereocenters. The fourth-order valence-electron chi connectivity index (χ4n) is 3.38. The third-order valence-electron chi connectivity index (χ3n) is 4.75. The summed E-state index contributed by atoms with van der Waals surface area (Å²) in [6, 6.07) is 10.4. The molecule has 0 amide bonds. The zero-order valence-corrected chi connectivity index (χ0v) is 14.7. The third-order valence-corrected chi connectivity index (χ3v) is 4.75. The minimum Gasteiger partial charge on any atom is -0.373 e. The van der Waals surface area contributed by atoms with Gasteiger partial charge in [0.05, 0.1) is 24.3 Å². The molecule has 0 aliphatic carbocycles. The van der Waals surface area contributed by atoms with E-state index in [-0.39, 0.29) is 0 Å². The van der Waals surface area contributed by atoms with Crippen molar-refractivity contribution in [1.29, 1.82) is 0 Å². The average molecular weight is 337 g/mol. The number of aromatic nitrogens is 4. The van der Waals surface area contributed by atoms with Gasteiger partial charge in [0.2, 0.25) is 0 Å². The number of fused-ring (bicyclic) bond motifs is 1. The monoisotopic (exact) mass is 337 g/mol. The summed E-state index contributed by atoms with van der Waals surface area (Å²) < 4.78 is 7.90. The molecule has 130 valence electrons. The highest BCUT2D eigenvalue weighted by Gasteiger charge is 2.23. The lowest BCUT2D eigenvalue weighted by Gasteiger charge is -2.33. The summed E-state index contributed by atoms with van der Waals surface area (Å²) in [5, 5.41) is 5.36. The highest BCUT2D eigenvalue weighted by Crippen LogP contribution is 2.27. The van der Waals surface area contributed by atoms with Gasteiger partial charge >= 0.3 is 0 Å². The number of ether oxygens (including phenoxy) is 1. The SMILES string of the molecule is Cc1nc(N2CCC(OCc3ccccc3)CC2)c2cnn(C)c2n1. The van der Waals surface area contributed by atoms with Crippen molar-refractivity contribution in [1.82, 2.24) is 19.7 Å². The molecule has 0 bridgehead atoms. The van der Waals surface area contributed by atoms with E-state index in [1.165, 1.54) is 5.56 Å². The minimum atomic E-state index is 0.309. The number of aryl methyl sites for hydroxylation is 2. The number of benzene rings is 1. The van der Waals surface area contributed by atoms with E-state index in [1.807, 2.05) is 30.9 Å². The van der Waals surface area contributed by atoms with Gasteiger partial charge in [-0.05, 0) is 25.3 Å². The van der Waals surface area contributed by atoms with Crippen LogP contribution < -0.4 is 4.90 Å². The summed E-state index contributed by atoms with van der Waals surface area (Å²) in [5.74, 6) is 1.78. The van der Waals surface area contributed by atoms with Crippen LogP contribution in [-0.4, -0.2) is 38.9 Å². The highest BCUT2D eigenvalue weighted by molar-refractivity contribution is 5.87. The first-order valence-corrected chi connectivity index (χ1v) is 8.77. The lowest BCUT2D eigenvalue weighted by atomic mass is 10.1. The van der Waals surface area contributed by atoms with Crippen molar-refractivity contribution in [2.75, 3.05) is 18.0 Å². The van der Waals surface area contributed by atoms with Gasteiger partial charge in [-0.15, -0.1) is 0 Å². The van der Waals surface area contributed by atoms with E-state index in [0.717, 1.165) is 48.6 Å². The standard InChI is InChI=1S/C19H23N5O/c1-14-21-18-17(12-20-23(18)2)19(22-14)24-10-8-16(9-11-24)25-13-15-6-4-3-5-7-15/h3-7,12,16H,8-11,13H2,1-2H3. The maximum atomic E-state index is 6.09. The summed E-state index contributed by atoms with van der Waals surface area (Å²) in [4.78, 5) is 11.5. The lowest BCUT2D eigenvalue weighted by Crippen LogP contribution is -2.37. The summed E-state index contributed by atoms with van der Waals surface area (Å²) in [5.41, 5.74) is 2.12. The highest BCUT2D eigenvalue weighted by atomic mass is 16.5. The molecule has 1 aliphatic heterocycles. The van der Waals surface area contributed by atoms with E-state index in [2.05, 4.69) is 44.2 Å². The molecule has 6 heteroatoms. The second kappa shape index (κ2) is 6.80. The van der Waals surface area contributed by atoms with Gasteiger partial charge < -0.3 is 9.64 Å². The quantitative estimate of drug-likeness (QED) is 0.733. The Morgan fingerprint density at radius 1 is 1.12 bits per heavy atom. The molecule has 1 saturated heterocycles. The van der Waals surface area contributed by atoms with E-state index >= 15 is 0 Å². The molecule has 2 aromatic heterocycles. The molecule has 4 rings (SSSR count). The maximum absolute atomic E-state index is 6.09. The van der Waals surface area contributed by atoms with Crippen LogP contribution >= 0.6 is 0 Å². The van der Waals surface area contributed by atoms with E-state index in [1.54, 1.807) is 0 Å². The first kappa shape index (κ1) is 16.0. The zero-order valence-electron chi connectivity index (χ0n) is 14.7. The van der Waals surface area contributed by atoms with Crippen LogP contribution in [0.3, 0.4) is 0 Å². The van der Waals surface area contributed by atoms with Crippen LogP contribution in [0, 0.1) is 6.92 Å². The van der Waals surface area contributed by atoms with Crippen LogP contribution in [0.5, 0.6) is 0 Å². The van der Waals surface area contributed by atoms with Crippen molar-refractivity contribution in [2.45, 2.75) is 32.5 Å².